The van der Waals surface area contributed by atoms with Crippen molar-refractivity contribution in [2.24, 2.45) is 0 Å². The Balaban J connectivity index is 2.30. The van der Waals surface area contributed by atoms with Gasteiger partial charge in [-0.1, -0.05) is 24.0 Å². The molecule has 1 aromatic carbocycles. The highest BCUT2D eigenvalue weighted by Crippen LogP contribution is 2.37. The number of likely N-dealkylation sites (N-methyl/N-ethyl adjacent to an activating group) is 1. The molecule has 1 fully saturated rings. The minimum Gasteiger partial charge on any atom is -0.493 e. The zero-order valence-corrected chi connectivity index (χ0v) is 17.6. The molecule has 9 heteroatoms. The van der Waals surface area contributed by atoms with Crippen molar-refractivity contribution >= 4 is 68.8 Å². The molecule has 0 atom stereocenters. The van der Waals surface area contributed by atoms with Gasteiger partial charge in [0.2, 0.25) is 0 Å². The van der Waals surface area contributed by atoms with Gasteiger partial charge in [0.05, 0.1) is 22.7 Å². The van der Waals surface area contributed by atoms with Gasteiger partial charge in [0.25, 0.3) is 5.91 Å². The smallest absolute Gasteiger partial charge is 0.343 e. The Morgan fingerprint density at radius 2 is 2.12 bits per heavy atom. The Morgan fingerprint density at radius 1 is 1.40 bits per heavy atom. The number of halogens is 1. The Kier molecular flexibility index (Phi) is 7.08. The summed E-state index contributed by atoms with van der Waals surface area (Å²) in [4.78, 5) is 25.7. The summed E-state index contributed by atoms with van der Waals surface area (Å²) in [6, 6.07) is 3.58. The molecule has 0 aromatic heterocycles. The van der Waals surface area contributed by atoms with Crippen LogP contribution in [0.25, 0.3) is 6.08 Å². The second kappa shape index (κ2) is 8.86. The number of thiocarbonyl (C=S) groups is 1. The van der Waals surface area contributed by atoms with E-state index in [0.29, 0.717) is 27.3 Å². The number of esters is 1. The Hall–Kier alpha value is -1.33. The van der Waals surface area contributed by atoms with Crippen molar-refractivity contribution in [2.45, 2.75) is 6.92 Å². The lowest BCUT2D eigenvalue weighted by molar-refractivity contribution is -0.143. The van der Waals surface area contributed by atoms with Crippen molar-refractivity contribution in [2.75, 3.05) is 27.4 Å². The van der Waals surface area contributed by atoms with Gasteiger partial charge >= 0.3 is 5.97 Å². The molecule has 1 aromatic rings. The molecule has 1 saturated heterocycles. The number of thioether (sulfide) groups is 1. The van der Waals surface area contributed by atoms with Crippen LogP contribution >= 0.6 is 46.6 Å². The summed E-state index contributed by atoms with van der Waals surface area (Å²) < 4.78 is 16.7. The lowest BCUT2D eigenvalue weighted by Crippen LogP contribution is -2.27. The normalized spacial score (nSPS) is 15.7. The van der Waals surface area contributed by atoms with E-state index in [9.17, 15) is 9.59 Å². The fourth-order valence-electron chi connectivity index (χ4n) is 2.08. The Morgan fingerprint density at radius 3 is 2.68 bits per heavy atom. The van der Waals surface area contributed by atoms with Gasteiger partial charge in [-0.25, -0.2) is 4.79 Å². The van der Waals surface area contributed by atoms with Crippen LogP contribution in [0.2, 0.25) is 0 Å². The SMILES string of the molecule is CCN1C(=O)/C(=C\c2cc(I)c(OCC(=O)OC)c(OC)c2)SC1=S. The maximum Gasteiger partial charge on any atom is 0.343 e. The van der Waals surface area contributed by atoms with Gasteiger partial charge in [-0.2, -0.15) is 0 Å². The van der Waals surface area contributed by atoms with E-state index >= 15 is 0 Å². The molecule has 1 heterocycles. The van der Waals surface area contributed by atoms with E-state index in [1.54, 1.807) is 17.0 Å². The first kappa shape index (κ1) is 20.0. The quantitative estimate of drug-likeness (QED) is 0.261. The minimum atomic E-state index is -0.481. The molecule has 0 aliphatic carbocycles. The van der Waals surface area contributed by atoms with Crippen LogP contribution in [0.1, 0.15) is 12.5 Å². The van der Waals surface area contributed by atoms with Crippen molar-refractivity contribution in [1.29, 1.82) is 0 Å². The Bertz CT molecular complexity index is 750. The molecular formula is C16H16INO5S2. The van der Waals surface area contributed by atoms with Gasteiger partial charge in [0.15, 0.2) is 18.1 Å². The van der Waals surface area contributed by atoms with Crippen molar-refractivity contribution in [3.63, 3.8) is 0 Å². The number of hydrogen-bond acceptors (Lipinski definition) is 7. The summed E-state index contributed by atoms with van der Waals surface area (Å²) >= 11 is 8.57. The first-order valence-electron chi connectivity index (χ1n) is 7.23. The highest BCUT2D eigenvalue weighted by Gasteiger charge is 2.30. The number of nitrogens with zero attached hydrogens (tertiary/aromatic N) is 1. The summed E-state index contributed by atoms with van der Waals surface area (Å²) in [5, 5.41) is 0. The molecule has 0 saturated carbocycles. The molecule has 2 rings (SSSR count). The number of hydrogen-bond donors (Lipinski definition) is 0. The highest BCUT2D eigenvalue weighted by molar-refractivity contribution is 14.1. The van der Waals surface area contributed by atoms with Crippen molar-refractivity contribution in [3.05, 3.63) is 26.2 Å². The summed E-state index contributed by atoms with van der Waals surface area (Å²) in [5.74, 6) is 0.336. The molecule has 0 bridgehead atoms. The van der Waals surface area contributed by atoms with Gasteiger partial charge in [-0.05, 0) is 53.3 Å². The zero-order chi connectivity index (χ0) is 18.6. The van der Waals surface area contributed by atoms with E-state index in [0.717, 1.165) is 9.13 Å². The number of methoxy groups -OCH3 is 2. The van der Waals surface area contributed by atoms with Gasteiger partial charge in [-0.15, -0.1) is 0 Å². The monoisotopic (exact) mass is 493 g/mol. The van der Waals surface area contributed by atoms with E-state index in [-0.39, 0.29) is 12.5 Å². The lowest BCUT2D eigenvalue weighted by Gasteiger charge is -2.13. The summed E-state index contributed by atoms with van der Waals surface area (Å²) in [7, 11) is 2.81. The minimum absolute atomic E-state index is 0.0995. The molecule has 25 heavy (non-hydrogen) atoms. The summed E-state index contributed by atoms with van der Waals surface area (Å²) in [6.45, 7) is 2.22. The van der Waals surface area contributed by atoms with Crippen molar-refractivity contribution in [3.8, 4) is 11.5 Å². The average molecular weight is 493 g/mol. The van der Waals surface area contributed by atoms with Gasteiger partial charge in [0.1, 0.15) is 4.32 Å². The predicted octanol–water partition coefficient (Wildman–Crippen LogP) is 3.07. The molecule has 1 aliphatic heterocycles. The van der Waals surface area contributed by atoms with E-state index < -0.39 is 5.97 Å². The second-order valence-corrected chi connectivity index (χ2v) is 7.66. The van der Waals surface area contributed by atoms with Crippen molar-refractivity contribution < 1.29 is 23.8 Å². The van der Waals surface area contributed by atoms with Gasteiger partial charge in [-0.3, -0.25) is 9.69 Å². The van der Waals surface area contributed by atoms with E-state index in [1.165, 1.54) is 26.0 Å². The third kappa shape index (κ3) is 4.64. The molecular weight excluding hydrogens is 477 g/mol. The van der Waals surface area contributed by atoms with Crippen LogP contribution in [0.15, 0.2) is 17.0 Å². The molecule has 6 nitrogen and oxygen atoms in total. The number of ether oxygens (including phenoxy) is 3. The number of carbonyl (C=O) groups excluding carboxylic acids is 2. The molecule has 0 spiro atoms. The fraction of sp³-hybridized carbons (Fsp3) is 0.312. The van der Waals surface area contributed by atoms with Crippen LogP contribution < -0.4 is 9.47 Å². The van der Waals surface area contributed by atoms with E-state index in [4.69, 9.17) is 21.7 Å². The summed E-state index contributed by atoms with van der Waals surface area (Å²) in [6.07, 6.45) is 1.77. The van der Waals surface area contributed by atoms with E-state index in [1.807, 2.05) is 13.0 Å². The van der Waals surface area contributed by atoms with Crippen molar-refractivity contribution in [1.82, 2.24) is 4.90 Å². The van der Waals surface area contributed by atoms with E-state index in [2.05, 4.69) is 27.3 Å². The van der Waals surface area contributed by atoms with Crippen LogP contribution in [0, 0.1) is 3.57 Å². The molecule has 0 N–H and O–H groups in total. The topological polar surface area (TPSA) is 65.1 Å². The van der Waals surface area contributed by atoms with Crippen LogP contribution in [-0.4, -0.2) is 48.5 Å². The number of benzene rings is 1. The van der Waals surface area contributed by atoms with Crippen LogP contribution in [0.5, 0.6) is 11.5 Å². The number of carbonyl (C=O) groups is 2. The zero-order valence-electron chi connectivity index (χ0n) is 13.8. The first-order valence-corrected chi connectivity index (χ1v) is 9.54. The summed E-state index contributed by atoms with van der Waals surface area (Å²) in [5.41, 5.74) is 0.781. The Labute approximate surface area is 169 Å². The highest BCUT2D eigenvalue weighted by atomic mass is 127. The molecule has 134 valence electrons. The third-order valence-corrected chi connectivity index (χ3v) is 5.48. The molecule has 1 aliphatic rings. The third-order valence-electron chi connectivity index (χ3n) is 3.30. The largest absolute Gasteiger partial charge is 0.493 e. The van der Waals surface area contributed by atoms with Crippen LogP contribution in [0.3, 0.4) is 0 Å². The fourth-order valence-corrected chi connectivity index (χ4v) is 4.24. The molecule has 0 unspecified atom stereocenters. The number of amides is 1. The molecule has 1 amide bonds. The predicted molar refractivity (Wildman–Crippen MR) is 109 cm³/mol. The first-order chi connectivity index (χ1) is 11.9. The lowest BCUT2D eigenvalue weighted by atomic mass is 10.2. The second-order valence-electron chi connectivity index (χ2n) is 4.82. The molecule has 0 radical (unpaired) electrons. The van der Waals surface area contributed by atoms with Crippen LogP contribution in [0.4, 0.5) is 0 Å². The maximum atomic E-state index is 12.3. The standard InChI is InChI=1S/C16H16INO5S2/c1-4-18-15(20)12(25-16(18)24)7-9-5-10(17)14(11(6-9)21-2)23-8-13(19)22-3/h5-7H,4,8H2,1-3H3/b12-7+. The number of rotatable bonds is 6. The average Bonchev–Trinajstić information content (AvgIpc) is 2.86. The van der Waals surface area contributed by atoms with Crippen LogP contribution in [-0.2, 0) is 14.3 Å². The van der Waals surface area contributed by atoms with Gasteiger partial charge in [0, 0.05) is 6.54 Å². The maximum absolute atomic E-state index is 12.3. The van der Waals surface area contributed by atoms with Gasteiger partial charge < -0.3 is 14.2 Å².